The molecule has 0 radical (unpaired) electrons. The summed E-state index contributed by atoms with van der Waals surface area (Å²) in [5, 5.41) is 7.87. The summed E-state index contributed by atoms with van der Waals surface area (Å²) in [7, 11) is -2.96. The summed E-state index contributed by atoms with van der Waals surface area (Å²) in [5.41, 5.74) is 5.79. The van der Waals surface area contributed by atoms with Crippen molar-refractivity contribution in [2.45, 2.75) is 115 Å². The highest BCUT2D eigenvalue weighted by Crippen LogP contribution is 2.47. The number of unbranched alkanes of at least 4 members (excludes halogenated alkanes) is 2. The molecule has 2 atom stereocenters. The lowest BCUT2D eigenvalue weighted by Gasteiger charge is -2.43. The van der Waals surface area contributed by atoms with Crippen LogP contribution in [0.25, 0.3) is 0 Å². The average molecular weight is 1270 g/mol. The van der Waals surface area contributed by atoms with Crippen LogP contribution in [0.2, 0.25) is 10.0 Å². The van der Waals surface area contributed by atoms with Gasteiger partial charge in [0.25, 0.3) is 11.1 Å². The van der Waals surface area contributed by atoms with E-state index in [4.69, 9.17) is 74.4 Å². The third-order valence-electron chi connectivity index (χ3n) is 13.9. The Morgan fingerprint density at radius 2 is 1.09 bits per heavy atom. The molecular weight excluding hydrogens is 1210 g/mol. The van der Waals surface area contributed by atoms with E-state index in [-0.39, 0.29) is 56.2 Å². The number of rotatable bonds is 23. The molecule has 13 nitrogen and oxygen atoms in total. The van der Waals surface area contributed by atoms with Crippen LogP contribution in [0.15, 0.2) is 84.9 Å². The Hall–Kier alpha value is -4.62. The largest absolute Gasteiger partial charge is 0.467 e. The van der Waals surface area contributed by atoms with E-state index in [2.05, 4.69) is 16.0 Å². The number of carbonyl (C=O) groups is 3. The van der Waals surface area contributed by atoms with Gasteiger partial charge in [-0.05, 0) is 135 Å². The van der Waals surface area contributed by atoms with Gasteiger partial charge in [0.15, 0.2) is 0 Å². The predicted octanol–water partition coefficient (Wildman–Crippen LogP) is 12.8. The summed E-state index contributed by atoms with van der Waals surface area (Å²) >= 11 is 27.9. The lowest BCUT2D eigenvalue weighted by atomic mass is 9.65. The van der Waals surface area contributed by atoms with Crippen molar-refractivity contribution >= 4 is 117 Å². The second kappa shape index (κ2) is 30.3. The monoisotopic (exact) mass is 1270 g/mol. The van der Waals surface area contributed by atoms with Crippen molar-refractivity contribution in [3.8, 4) is 0 Å². The van der Waals surface area contributed by atoms with E-state index in [9.17, 15) is 57.6 Å². The Kier molecular flexibility index (Phi) is 25.7. The zero-order valence-electron chi connectivity index (χ0n) is 44.8. The van der Waals surface area contributed by atoms with Crippen LogP contribution in [0, 0.1) is 10.8 Å². The van der Waals surface area contributed by atoms with E-state index in [0.29, 0.717) is 48.5 Å². The molecule has 0 bridgehead atoms. The second-order valence-electron chi connectivity index (χ2n) is 20.1. The van der Waals surface area contributed by atoms with E-state index in [1.54, 1.807) is 31.4 Å². The lowest BCUT2D eigenvalue weighted by Crippen LogP contribution is -2.51. The summed E-state index contributed by atoms with van der Waals surface area (Å²) in [6.07, 6.45) is 4.64. The summed E-state index contributed by atoms with van der Waals surface area (Å²) in [6.45, 7) is 0. The molecule has 4 aromatic rings. The number of nitrogens with one attached hydrogen (secondary N) is 3. The molecule has 5 N–H and O–H groups in total. The quantitative estimate of drug-likeness (QED) is 0.0104. The van der Waals surface area contributed by atoms with Crippen LogP contribution in [0.5, 0.6) is 0 Å². The number of nitrogens with two attached hydrogens (primary N) is 1. The van der Waals surface area contributed by atoms with Crippen LogP contribution < -0.4 is 21.7 Å². The van der Waals surface area contributed by atoms with Gasteiger partial charge >= 0.3 is 18.3 Å². The SMILES string of the molecule is COC(=O)[C@H](Cc1ccc(NC(=O)c2cc(C(F)(F)F)ccc2Cl)cc1)NC(=S)C1(CCCCS(C)(=O)=O)CCC1.CO[C@H](Cc1ccc(N)cc1)NC(=S)C1(CCCCS(C)(=O)=O)CCC1.O=C(Cl)c1cc(C(F)(F)F)ccc1Cl. The fourth-order valence-corrected chi connectivity index (χ4v) is 11.9. The molecule has 2 fully saturated rings. The number of esters is 1. The number of thiocarbonyl (C=S) groups is 2. The van der Waals surface area contributed by atoms with Gasteiger partial charge in [-0.25, -0.2) is 21.6 Å². The first-order chi connectivity index (χ1) is 37.7. The highest BCUT2D eigenvalue weighted by Gasteiger charge is 2.43. The number of methoxy groups -OCH3 is 2. The van der Waals surface area contributed by atoms with Crippen LogP contribution in [-0.2, 0) is 59.1 Å². The van der Waals surface area contributed by atoms with Crippen molar-refractivity contribution in [3.63, 3.8) is 0 Å². The number of hydrogen-bond acceptors (Lipinski definition) is 12. The molecule has 0 aromatic heterocycles. The van der Waals surface area contributed by atoms with Crippen LogP contribution in [0.3, 0.4) is 0 Å². The zero-order valence-corrected chi connectivity index (χ0v) is 50.4. The maximum Gasteiger partial charge on any atom is 0.416 e. The van der Waals surface area contributed by atoms with Gasteiger partial charge in [-0.3, -0.25) is 9.59 Å². The molecule has 6 rings (SSSR count). The molecular formula is C55H65Cl3F6N4O9S4. The average Bonchev–Trinajstić information content (AvgIpc) is 3.36. The fourth-order valence-electron chi connectivity index (χ4n) is 8.94. The number of amides is 1. The molecule has 446 valence electrons. The molecule has 2 aliphatic carbocycles. The number of nitrogen functional groups attached to an aromatic ring is 1. The summed E-state index contributed by atoms with van der Waals surface area (Å²) in [5.74, 6) is -0.926. The normalized spacial score (nSPS) is 15.3. The number of hydrogen-bond donors (Lipinski definition) is 4. The minimum absolute atomic E-state index is 0.00470. The molecule has 4 aromatic carbocycles. The number of ether oxygens (including phenoxy) is 2. The van der Waals surface area contributed by atoms with Gasteiger partial charge in [0.1, 0.15) is 31.9 Å². The summed E-state index contributed by atoms with van der Waals surface area (Å²) in [4.78, 5) is 37.3. The number of carbonyl (C=O) groups excluding carboxylic acids is 3. The van der Waals surface area contributed by atoms with Gasteiger partial charge in [0.05, 0.1) is 49.4 Å². The van der Waals surface area contributed by atoms with Crippen molar-refractivity contribution in [2.75, 3.05) is 49.3 Å². The Morgan fingerprint density at radius 1 is 0.654 bits per heavy atom. The van der Waals surface area contributed by atoms with Crippen LogP contribution in [0.1, 0.15) is 120 Å². The standard InChI is InChI=1S/C28H32ClF3N2O5S2.C19H30N2O3S2.C8H3Cl2F3O/c1-39-25(36)23(34-26(40)27(13-5-14-27)12-3-4-15-41(2,37)38)16-18-6-9-20(10-7-18)33-24(35)21-17-19(28(30,31)32)8-11-22(21)29;1-24-17(14-15-6-8-16(20)9-7-15)21-18(25)19(11-5-12-19)10-3-4-13-26(2,22)23;9-6-2-1-4(8(11,12)13)3-5(6)7(10)14/h6-11,17,23H,3-5,12-16H2,1-2H3,(H,33,35)(H,34,40);6-9,17H,3-5,10-14,20H2,1-2H3,(H,21,25);1-3H/t23-;17-;/m01./s1. The third kappa shape index (κ3) is 22.1. The first-order valence-electron chi connectivity index (χ1n) is 25.5. The highest BCUT2D eigenvalue weighted by atomic mass is 35.5. The van der Waals surface area contributed by atoms with E-state index in [1.165, 1.54) is 26.0 Å². The van der Waals surface area contributed by atoms with Crippen molar-refractivity contribution in [1.82, 2.24) is 10.6 Å². The smallest absolute Gasteiger partial charge is 0.416 e. The van der Waals surface area contributed by atoms with Gasteiger partial charge in [-0.1, -0.05) is 97.6 Å². The van der Waals surface area contributed by atoms with Crippen molar-refractivity contribution in [3.05, 3.63) is 128 Å². The molecule has 0 spiro atoms. The lowest BCUT2D eigenvalue weighted by molar-refractivity contribution is -0.142. The first-order valence-corrected chi connectivity index (χ1v) is 31.5. The minimum atomic E-state index is -4.62. The molecule has 0 saturated heterocycles. The third-order valence-corrected chi connectivity index (χ3v) is 17.9. The Labute approximate surface area is 494 Å². The van der Waals surface area contributed by atoms with E-state index >= 15 is 0 Å². The first kappa shape index (κ1) is 68.9. The van der Waals surface area contributed by atoms with Crippen molar-refractivity contribution in [2.24, 2.45) is 10.8 Å². The van der Waals surface area contributed by atoms with E-state index in [0.717, 1.165) is 97.4 Å². The maximum absolute atomic E-state index is 13.1. The van der Waals surface area contributed by atoms with Gasteiger partial charge in [0.2, 0.25) is 0 Å². The molecule has 0 unspecified atom stereocenters. The van der Waals surface area contributed by atoms with Gasteiger partial charge in [0, 0.05) is 66.2 Å². The van der Waals surface area contributed by atoms with Crippen LogP contribution in [-0.4, -0.2) is 94.4 Å². The zero-order chi connectivity index (χ0) is 60.6. The molecule has 1 amide bonds. The van der Waals surface area contributed by atoms with Crippen LogP contribution in [0.4, 0.5) is 37.7 Å². The van der Waals surface area contributed by atoms with Gasteiger partial charge < -0.3 is 31.2 Å². The van der Waals surface area contributed by atoms with Gasteiger partial charge in [-0.15, -0.1) is 0 Å². The Balaban J connectivity index is 0.000000298. The molecule has 2 aliphatic rings. The fraction of sp³-hybridized carbons (Fsp3) is 0.473. The van der Waals surface area contributed by atoms with Crippen molar-refractivity contribution < 1.29 is 67.0 Å². The number of benzene rings is 4. The molecule has 2 saturated carbocycles. The summed E-state index contributed by atoms with van der Waals surface area (Å²) < 4.78 is 132. The highest BCUT2D eigenvalue weighted by molar-refractivity contribution is 7.90. The molecule has 26 heteroatoms. The minimum Gasteiger partial charge on any atom is -0.467 e. The summed E-state index contributed by atoms with van der Waals surface area (Å²) in [6, 6.07) is 18.4. The Morgan fingerprint density at radius 3 is 1.49 bits per heavy atom. The van der Waals surface area contributed by atoms with Crippen molar-refractivity contribution in [1.29, 1.82) is 0 Å². The maximum atomic E-state index is 13.1. The predicted molar refractivity (Wildman–Crippen MR) is 314 cm³/mol. The molecule has 81 heavy (non-hydrogen) atoms. The number of halogens is 9. The molecule has 0 heterocycles. The van der Waals surface area contributed by atoms with E-state index < -0.39 is 66.3 Å². The second-order valence-corrected chi connectivity index (χ2v) is 26.6. The van der Waals surface area contributed by atoms with Gasteiger partial charge in [-0.2, -0.15) is 26.3 Å². The Bertz CT molecular complexity index is 3060. The van der Waals surface area contributed by atoms with Crippen LogP contribution >= 0.6 is 59.2 Å². The number of anilines is 2. The topological polar surface area (TPSA) is 200 Å². The number of alkyl halides is 6. The molecule has 0 aliphatic heterocycles. The van der Waals surface area contributed by atoms with E-state index in [1.807, 2.05) is 24.3 Å². The number of sulfone groups is 2.